The summed E-state index contributed by atoms with van der Waals surface area (Å²) in [6.07, 6.45) is 1.02. The van der Waals surface area contributed by atoms with Gasteiger partial charge in [-0.3, -0.25) is 4.79 Å². The molecule has 3 heteroatoms. The van der Waals surface area contributed by atoms with Crippen molar-refractivity contribution in [3.63, 3.8) is 0 Å². The van der Waals surface area contributed by atoms with Crippen molar-refractivity contribution in [1.29, 1.82) is 0 Å². The van der Waals surface area contributed by atoms with Gasteiger partial charge in [-0.1, -0.05) is 13.3 Å². The normalized spacial score (nSPS) is 32.5. The quantitative estimate of drug-likeness (QED) is 0.615. The second-order valence-corrected chi connectivity index (χ2v) is 3.04. The van der Waals surface area contributed by atoms with Crippen LogP contribution in [0.5, 0.6) is 0 Å². The van der Waals surface area contributed by atoms with E-state index in [-0.39, 0.29) is 18.0 Å². The van der Waals surface area contributed by atoms with Crippen LogP contribution in [0.2, 0.25) is 0 Å². The van der Waals surface area contributed by atoms with E-state index < -0.39 is 6.10 Å². The number of carbonyl (C=O) groups excluding carboxylic acids is 1. The van der Waals surface area contributed by atoms with Crippen molar-refractivity contribution >= 4 is 5.97 Å². The van der Waals surface area contributed by atoms with Crippen molar-refractivity contribution in [2.45, 2.75) is 38.9 Å². The van der Waals surface area contributed by atoms with E-state index >= 15 is 0 Å². The zero-order chi connectivity index (χ0) is 8.43. The summed E-state index contributed by atoms with van der Waals surface area (Å²) >= 11 is 0. The third kappa shape index (κ3) is 1.53. The van der Waals surface area contributed by atoms with Gasteiger partial charge >= 0.3 is 5.97 Å². The molecule has 0 aromatic heterocycles. The summed E-state index contributed by atoms with van der Waals surface area (Å²) in [5, 5.41) is 9.11. The highest BCUT2D eigenvalue weighted by atomic mass is 16.6. The Morgan fingerprint density at radius 1 is 1.73 bits per heavy atom. The molecular weight excluding hydrogens is 144 g/mol. The molecule has 1 N–H and O–H groups in total. The molecule has 64 valence electrons. The molecular formula is C8H14O3. The van der Waals surface area contributed by atoms with E-state index in [0.29, 0.717) is 0 Å². The minimum absolute atomic E-state index is 0.0556. The molecule has 3 nitrogen and oxygen atoms in total. The molecule has 0 aliphatic carbocycles. The molecule has 1 aliphatic heterocycles. The lowest BCUT2D eigenvalue weighted by molar-refractivity contribution is -0.197. The maximum Gasteiger partial charge on any atom is 0.313 e. The third-order valence-corrected chi connectivity index (χ3v) is 2.03. The zero-order valence-electron chi connectivity index (χ0n) is 6.91. The van der Waals surface area contributed by atoms with Crippen LogP contribution in [0.1, 0.15) is 26.7 Å². The summed E-state index contributed by atoms with van der Waals surface area (Å²) in [5.74, 6) is -0.210. The van der Waals surface area contributed by atoms with Gasteiger partial charge in [0.25, 0.3) is 0 Å². The van der Waals surface area contributed by atoms with Gasteiger partial charge in [0.2, 0.25) is 0 Å². The molecule has 1 rings (SSSR count). The Balaban J connectivity index is 2.41. The van der Waals surface area contributed by atoms with Crippen LogP contribution < -0.4 is 0 Å². The Labute approximate surface area is 66.4 Å². The fourth-order valence-corrected chi connectivity index (χ4v) is 1.39. The van der Waals surface area contributed by atoms with Gasteiger partial charge in [-0.25, -0.2) is 0 Å². The summed E-state index contributed by atoms with van der Waals surface area (Å²) in [4.78, 5) is 10.8. The highest BCUT2D eigenvalue weighted by Gasteiger charge is 2.44. The first kappa shape index (κ1) is 8.53. The first-order valence-electron chi connectivity index (χ1n) is 4.05. The van der Waals surface area contributed by atoms with Gasteiger partial charge in [0, 0.05) is 0 Å². The number of ether oxygens (including phenoxy) is 1. The maximum absolute atomic E-state index is 10.8. The SMILES string of the molecule is CCCC1C(=O)OC1C(C)O. The monoisotopic (exact) mass is 158 g/mol. The number of carbonyl (C=O) groups is 1. The maximum atomic E-state index is 10.8. The highest BCUT2D eigenvalue weighted by Crippen LogP contribution is 2.28. The summed E-state index contributed by atoms with van der Waals surface area (Å²) in [7, 11) is 0. The van der Waals surface area contributed by atoms with Gasteiger partial charge < -0.3 is 9.84 Å². The Morgan fingerprint density at radius 3 is 2.73 bits per heavy atom. The molecule has 0 saturated carbocycles. The number of esters is 1. The van der Waals surface area contributed by atoms with Crippen molar-refractivity contribution in [2.75, 3.05) is 0 Å². The Hall–Kier alpha value is -0.570. The Morgan fingerprint density at radius 2 is 2.36 bits per heavy atom. The molecule has 0 bridgehead atoms. The van der Waals surface area contributed by atoms with Crippen LogP contribution in [-0.4, -0.2) is 23.3 Å². The van der Waals surface area contributed by atoms with Gasteiger partial charge in [-0.15, -0.1) is 0 Å². The summed E-state index contributed by atoms with van der Waals surface area (Å²) < 4.78 is 4.78. The Kier molecular flexibility index (Phi) is 2.49. The van der Waals surface area contributed by atoms with Crippen molar-refractivity contribution in [3.8, 4) is 0 Å². The molecule has 0 aromatic carbocycles. The van der Waals surface area contributed by atoms with Crippen LogP contribution in [0.25, 0.3) is 0 Å². The number of aliphatic hydroxyl groups excluding tert-OH is 1. The molecule has 1 saturated heterocycles. The van der Waals surface area contributed by atoms with E-state index in [9.17, 15) is 4.79 Å². The van der Waals surface area contributed by atoms with Gasteiger partial charge in [0.15, 0.2) is 0 Å². The van der Waals surface area contributed by atoms with E-state index in [2.05, 4.69) is 0 Å². The molecule has 3 unspecified atom stereocenters. The van der Waals surface area contributed by atoms with Crippen LogP contribution in [0, 0.1) is 5.92 Å². The fraction of sp³-hybridized carbons (Fsp3) is 0.875. The molecule has 0 aromatic rings. The van der Waals surface area contributed by atoms with Gasteiger partial charge in [-0.2, -0.15) is 0 Å². The molecule has 3 atom stereocenters. The van der Waals surface area contributed by atoms with Crippen LogP contribution >= 0.6 is 0 Å². The molecule has 1 aliphatic rings. The molecule has 11 heavy (non-hydrogen) atoms. The molecule has 0 amide bonds. The molecule has 0 spiro atoms. The van der Waals surface area contributed by atoms with Crippen molar-refractivity contribution in [3.05, 3.63) is 0 Å². The van der Waals surface area contributed by atoms with Crippen molar-refractivity contribution in [2.24, 2.45) is 5.92 Å². The topological polar surface area (TPSA) is 46.5 Å². The predicted molar refractivity (Wildman–Crippen MR) is 40.0 cm³/mol. The lowest BCUT2D eigenvalue weighted by Crippen LogP contribution is -2.50. The highest BCUT2D eigenvalue weighted by molar-refractivity contribution is 5.78. The van der Waals surface area contributed by atoms with Crippen molar-refractivity contribution in [1.82, 2.24) is 0 Å². The fourth-order valence-electron chi connectivity index (χ4n) is 1.39. The first-order chi connectivity index (χ1) is 5.16. The standard InChI is InChI=1S/C8H14O3/c1-3-4-6-7(5(2)9)11-8(6)10/h5-7,9H,3-4H2,1-2H3. The van der Waals surface area contributed by atoms with Gasteiger partial charge in [0.05, 0.1) is 12.0 Å². The largest absolute Gasteiger partial charge is 0.458 e. The molecule has 0 radical (unpaired) electrons. The lowest BCUT2D eigenvalue weighted by Gasteiger charge is -2.36. The number of hydrogen-bond donors (Lipinski definition) is 1. The molecule has 1 fully saturated rings. The minimum atomic E-state index is -0.524. The second-order valence-electron chi connectivity index (χ2n) is 3.04. The smallest absolute Gasteiger partial charge is 0.313 e. The lowest BCUT2D eigenvalue weighted by atomic mass is 9.89. The average Bonchev–Trinajstić information content (AvgIpc) is 1.95. The number of aliphatic hydroxyl groups is 1. The Bertz CT molecular complexity index is 153. The second kappa shape index (κ2) is 3.22. The van der Waals surface area contributed by atoms with Crippen LogP contribution in [-0.2, 0) is 9.53 Å². The van der Waals surface area contributed by atoms with E-state index in [1.165, 1.54) is 0 Å². The number of hydrogen-bond acceptors (Lipinski definition) is 3. The van der Waals surface area contributed by atoms with Gasteiger partial charge in [0.1, 0.15) is 6.10 Å². The predicted octanol–water partition coefficient (Wildman–Crippen LogP) is 0.709. The van der Waals surface area contributed by atoms with E-state index in [0.717, 1.165) is 12.8 Å². The summed E-state index contributed by atoms with van der Waals surface area (Å²) in [6.45, 7) is 3.67. The zero-order valence-corrected chi connectivity index (χ0v) is 6.91. The number of rotatable bonds is 3. The van der Waals surface area contributed by atoms with Crippen LogP contribution in [0.15, 0.2) is 0 Å². The van der Waals surface area contributed by atoms with Gasteiger partial charge in [-0.05, 0) is 13.3 Å². The number of cyclic esters (lactones) is 1. The summed E-state index contributed by atoms with van der Waals surface area (Å²) in [6, 6.07) is 0. The average molecular weight is 158 g/mol. The first-order valence-corrected chi connectivity index (χ1v) is 4.05. The summed E-state index contributed by atoms with van der Waals surface area (Å²) in [5.41, 5.74) is 0. The molecule has 1 heterocycles. The van der Waals surface area contributed by atoms with E-state index in [1.54, 1.807) is 6.92 Å². The third-order valence-electron chi connectivity index (χ3n) is 2.03. The van der Waals surface area contributed by atoms with Crippen LogP contribution in [0.3, 0.4) is 0 Å². The van der Waals surface area contributed by atoms with E-state index in [1.807, 2.05) is 6.92 Å². The van der Waals surface area contributed by atoms with E-state index in [4.69, 9.17) is 9.84 Å². The minimum Gasteiger partial charge on any atom is -0.458 e. The van der Waals surface area contributed by atoms with Crippen LogP contribution in [0.4, 0.5) is 0 Å². The van der Waals surface area contributed by atoms with Crippen molar-refractivity contribution < 1.29 is 14.6 Å².